The van der Waals surface area contributed by atoms with Crippen LogP contribution in [0.1, 0.15) is 33.2 Å². The predicted octanol–water partition coefficient (Wildman–Crippen LogP) is 3.50. The molecule has 32 heavy (non-hydrogen) atoms. The third-order valence-electron chi connectivity index (χ3n) is 4.77. The standard InChI is InChI=1S/C22H14Cl2N4O4/c23-15-6-2-1-5-13(15)18(17-7-3-4-10-25-17)14-9-8-12(11-16(14)24)28-22(32)26-20(29)19(27-28)21(30)31/h1-11,18H,(H,30,31)(H,26,29,32). The minimum Gasteiger partial charge on any atom is -0.476 e. The van der Waals surface area contributed by atoms with Gasteiger partial charge in [0.1, 0.15) is 0 Å². The summed E-state index contributed by atoms with van der Waals surface area (Å²) in [7, 11) is 0. The molecule has 0 radical (unpaired) electrons. The monoisotopic (exact) mass is 468 g/mol. The number of carbonyl (C=O) groups is 1. The number of rotatable bonds is 5. The summed E-state index contributed by atoms with van der Waals surface area (Å²) in [5.74, 6) is -1.96. The van der Waals surface area contributed by atoms with E-state index in [1.807, 2.05) is 35.3 Å². The number of halogens is 2. The van der Waals surface area contributed by atoms with Crippen LogP contribution in [0.2, 0.25) is 10.0 Å². The quantitative estimate of drug-likeness (QED) is 0.462. The number of nitrogens with zero attached hydrogens (tertiary/aromatic N) is 3. The second kappa shape index (κ2) is 8.78. The summed E-state index contributed by atoms with van der Waals surface area (Å²) in [5.41, 5.74) is -0.448. The molecule has 0 aliphatic rings. The average molecular weight is 469 g/mol. The highest BCUT2D eigenvalue weighted by atomic mass is 35.5. The van der Waals surface area contributed by atoms with E-state index < -0.39 is 28.8 Å². The van der Waals surface area contributed by atoms with Gasteiger partial charge in [-0.25, -0.2) is 9.59 Å². The molecule has 2 aromatic heterocycles. The number of nitrogens with one attached hydrogen (secondary N) is 1. The normalized spacial score (nSPS) is 11.8. The average Bonchev–Trinajstić information content (AvgIpc) is 2.77. The molecule has 0 fully saturated rings. The Morgan fingerprint density at radius 3 is 2.34 bits per heavy atom. The van der Waals surface area contributed by atoms with Gasteiger partial charge in [0, 0.05) is 16.2 Å². The Bertz CT molecular complexity index is 1430. The Kier molecular flexibility index (Phi) is 5.89. The first-order chi connectivity index (χ1) is 15.4. The second-order valence-corrected chi connectivity index (χ2v) is 7.55. The first-order valence-electron chi connectivity index (χ1n) is 9.29. The number of aromatic nitrogens is 4. The molecule has 0 amide bonds. The van der Waals surface area contributed by atoms with Crippen molar-refractivity contribution in [2.45, 2.75) is 5.92 Å². The van der Waals surface area contributed by atoms with Crippen molar-refractivity contribution in [3.8, 4) is 5.69 Å². The van der Waals surface area contributed by atoms with Crippen LogP contribution in [0.15, 0.2) is 76.4 Å². The second-order valence-electron chi connectivity index (χ2n) is 6.74. The van der Waals surface area contributed by atoms with Gasteiger partial charge in [0.25, 0.3) is 5.56 Å². The molecule has 4 rings (SSSR count). The van der Waals surface area contributed by atoms with E-state index in [9.17, 15) is 14.4 Å². The molecule has 0 aliphatic carbocycles. The summed E-state index contributed by atoms with van der Waals surface area (Å²) in [6.45, 7) is 0. The lowest BCUT2D eigenvalue weighted by molar-refractivity contribution is 0.0685. The van der Waals surface area contributed by atoms with E-state index in [1.54, 1.807) is 30.5 Å². The molecule has 160 valence electrons. The van der Waals surface area contributed by atoms with Crippen LogP contribution in [-0.4, -0.2) is 30.8 Å². The number of carboxylic acids is 1. The zero-order chi connectivity index (χ0) is 22.8. The van der Waals surface area contributed by atoms with Crippen LogP contribution in [0, 0.1) is 0 Å². The van der Waals surface area contributed by atoms with Gasteiger partial charge in [-0.05, 0) is 41.5 Å². The first-order valence-corrected chi connectivity index (χ1v) is 10.0. The number of pyridine rings is 1. The number of H-pyrrole nitrogens is 1. The van der Waals surface area contributed by atoms with Crippen LogP contribution >= 0.6 is 23.2 Å². The zero-order valence-corrected chi connectivity index (χ0v) is 17.7. The molecule has 0 saturated heterocycles. The van der Waals surface area contributed by atoms with Crippen molar-refractivity contribution < 1.29 is 9.90 Å². The fourth-order valence-electron chi connectivity index (χ4n) is 3.34. The predicted molar refractivity (Wildman–Crippen MR) is 119 cm³/mol. The lowest BCUT2D eigenvalue weighted by atomic mass is 9.88. The molecule has 1 atom stereocenters. The molecule has 2 N–H and O–H groups in total. The van der Waals surface area contributed by atoms with Crippen molar-refractivity contribution in [2.75, 3.05) is 0 Å². The van der Waals surface area contributed by atoms with Gasteiger partial charge in [0.05, 0.1) is 17.3 Å². The molecule has 4 aromatic rings. The number of hydrogen-bond acceptors (Lipinski definition) is 5. The van der Waals surface area contributed by atoms with Crippen LogP contribution in [0.25, 0.3) is 5.69 Å². The van der Waals surface area contributed by atoms with Gasteiger partial charge in [-0.2, -0.15) is 9.78 Å². The van der Waals surface area contributed by atoms with Gasteiger partial charge in [0.2, 0.25) is 5.69 Å². The SMILES string of the molecule is O=C(O)c1nn(-c2ccc(C(c3ccccn3)c3ccccc3Cl)c(Cl)c2)c(=O)[nH]c1=O. The largest absolute Gasteiger partial charge is 0.476 e. The van der Waals surface area contributed by atoms with E-state index >= 15 is 0 Å². The fourth-order valence-corrected chi connectivity index (χ4v) is 3.87. The van der Waals surface area contributed by atoms with Crippen molar-refractivity contribution >= 4 is 29.2 Å². The van der Waals surface area contributed by atoms with Crippen molar-refractivity contribution in [1.29, 1.82) is 0 Å². The number of hydrogen-bond donors (Lipinski definition) is 2. The Morgan fingerprint density at radius 1 is 0.969 bits per heavy atom. The number of benzene rings is 2. The van der Waals surface area contributed by atoms with Gasteiger partial charge in [-0.15, -0.1) is 0 Å². The fraction of sp³-hybridized carbons (Fsp3) is 0.0455. The third-order valence-corrected chi connectivity index (χ3v) is 5.44. The number of aromatic amines is 1. The lowest BCUT2D eigenvalue weighted by Gasteiger charge is -2.20. The third kappa shape index (κ3) is 4.05. The molecule has 0 saturated carbocycles. The molecule has 10 heteroatoms. The van der Waals surface area contributed by atoms with Crippen molar-refractivity contribution in [2.24, 2.45) is 0 Å². The van der Waals surface area contributed by atoms with Crippen molar-refractivity contribution in [3.05, 3.63) is 120 Å². The summed E-state index contributed by atoms with van der Waals surface area (Å²) < 4.78 is 0.770. The van der Waals surface area contributed by atoms with Crippen molar-refractivity contribution in [1.82, 2.24) is 19.7 Å². The Balaban J connectivity index is 1.88. The van der Waals surface area contributed by atoms with E-state index in [4.69, 9.17) is 28.3 Å². The zero-order valence-electron chi connectivity index (χ0n) is 16.2. The number of carboxylic acid groups (broad SMARTS) is 1. The highest BCUT2D eigenvalue weighted by Gasteiger charge is 2.23. The smallest absolute Gasteiger partial charge is 0.362 e. The molecule has 0 aliphatic heterocycles. The molecule has 0 spiro atoms. The van der Waals surface area contributed by atoms with Crippen LogP contribution in [-0.2, 0) is 0 Å². The Hall–Kier alpha value is -3.75. The molecular weight excluding hydrogens is 455 g/mol. The molecular formula is C22H14Cl2N4O4. The summed E-state index contributed by atoms with van der Waals surface area (Å²) in [5, 5.41) is 13.6. The minimum atomic E-state index is -1.56. The highest BCUT2D eigenvalue weighted by molar-refractivity contribution is 6.32. The molecule has 1 unspecified atom stereocenters. The molecule has 0 bridgehead atoms. The van der Waals surface area contributed by atoms with Gasteiger partial charge < -0.3 is 5.11 Å². The molecule has 2 aromatic carbocycles. The van der Waals surface area contributed by atoms with Crippen LogP contribution in [0.5, 0.6) is 0 Å². The molecule has 8 nitrogen and oxygen atoms in total. The van der Waals surface area contributed by atoms with Crippen LogP contribution in [0.3, 0.4) is 0 Å². The maximum absolute atomic E-state index is 12.2. The van der Waals surface area contributed by atoms with E-state index in [0.29, 0.717) is 16.3 Å². The topological polar surface area (TPSA) is 118 Å². The van der Waals surface area contributed by atoms with Crippen LogP contribution in [0.4, 0.5) is 0 Å². The Morgan fingerprint density at radius 2 is 1.69 bits per heavy atom. The summed E-state index contributed by atoms with van der Waals surface area (Å²) in [6, 6.07) is 17.5. The van der Waals surface area contributed by atoms with Gasteiger partial charge in [0.15, 0.2) is 0 Å². The van der Waals surface area contributed by atoms with Gasteiger partial charge in [-0.3, -0.25) is 14.8 Å². The van der Waals surface area contributed by atoms with E-state index in [0.717, 1.165) is 10.2 Å². The van der Waals surface area contributed by atoms with Crippen LogP contribution < -0.4 is 11.2 Å². The van der Waals surface area contributed by atoms with Gasteiger partial charge in [-0.1, -0.05) is 53.5 Å². The van der Waals surface area contributed by atoms with E-state index in [2.05, 4.69) is 10.1 Å². The summed E-state index contributed by atoms with van der Waals surface area (Å²) in [4.78, 5) is 41.5. The minimum absolute atomic E-state index is 0.182. The summed E-state index contributed by atoms with van der Waals surface area (Å²) in [6.07, 6.45) is 1.67. The van der Waals surface area contributed by atoms with E-state index in [-0.39, 0.29) is 10.7 Å². The molecule has 2 heterocycles. The maximum Gasteiger partial charge on any atom is 0.362 e. The number of aromatic carboxylic acids is 1. The Labute approximate surface area is 190 Å². The maximum atomic E-state index is 12.2. The van der Waals surface area contributed by atoms with E-state index in [1.165, 1.54) is 6.07 Å². The highest BCUT2D eigenvalue weighted by Crippen LogP contribution is 2.38. The van der Waals surface area contributed by atoms with Gasteiger partial charge >= 0.3 is 11.7 Å². The summed E-state index contributed by atoms with van der Waals surface area (Å²) >= 11 is 13.1. The lowest BCUT2D eigenvalue weighted by Crippen LogP contribution is -2.35. The first kappa shape index (κ1) is 21.5. The van der Waals surface area contributed by atoms with Crippen molar-refractivity contribution in [3.63, 3.8) is 0 Å².